The fraction of sp³-hybridized carbons (Fsp3) is 0.350. The normalized spacial score (nSPS) is 14.1. The molecule has 1 amide bonds. The number of rotatable bonds is 6. The monoisotopic (exact) mass is 359 g/mol. The van der Waals surface area contributed by atoms with Gasteiger partial charge in [0, 0.05) is 6.07 Å². The van der Waals surface area contributed by atoms with Gasteiger partial charge in [-0.05, 0) is 43.9 Å². The van der Waals surface area contributed by atoms with E-state index >= 15 is 0 Å². The molecule has 1 N–H and O–H groups in total. The van der Waals surface area contributed by atoms with E-state index in [1.807, 2.05) is 0 Å². The summed E-state index contributed by atoms with van der Waals surface area (Å²) in [5.74, 6) is -0.0923. The van der Waals surface area contributed by atoms with Crippen molar-refractivity contribution in [1.82, 2.24) is 0 Å². The smallest absolute Gasteiger partial charge is 0.258 e. The van der Waals surface area contributed by atoms with Crippen molar-refractivity contribution in [1.29, 1.82) is 0 Å². The second kappa shape index (κ2) is 8.08. The molecule has 0 radical (unpaired) electrons. The highest BCUT2D eigenvalue weighted by molar-refractivity contribution is 6.05. The third-order valence-electron chi connectivity index (χ3n) is 4.45. The Morgan fingerprint density at radius 3 is 2.42 bits per heavy atom. The van der Waals surface area contributed by atoms with Crippen LogP contribution in [0.2, 0.25) is 0 Å². The standard InChI is InChI=1S/C20H22FNO4/c1-24-17-10-6-5-9-16(17)22-20(23)14-11-19(18(25-2)12-15(14)21)26-13-7-3-4-8-13/h5-6,9-13H,3-4,7-8H2,1-2H3,(H,22,23). The first-order chi connectivity index (χ1) is 12.6. The summed E-state index contributed by atoms with van der Waals surface area (Å²) < 4.78 is 30.8. The molecule has 0 saturated heterocycles. The summed E-state index contributed by atoms with van der Waals surface area (Å²) >= 11 is 0. The summed E-state index contributed by atoms with van der Waals surface area (Å²) in [4.78, 5) is 12.6. The van der Waals surface area contributed by atoms with Crippen LogP contribution in [0.4, 0.5) is 10.1 Å². The zero-order valence-corrected chi connectivity index (χ0v) is 14.9. The Balaban J connectivity index is 1.86. The maximum absolute atomic E-state index is 14.4. The van der Waals surface area contributed by atoms with Crippen molar-refractivity contribution in [2.45, 2.75) is 31.8 Å². The first-order valence-corrected chi connectivity index (χ1v) is 8.61. The summed E-state index contributed by atoms with van der Waals surface area (Å²) in [7, 11) is 2.96. The molecule has 1 saturated carbocycles. The van der Waals surface area contributed by atoms with Crippen LogP contribution in [0.3, 0.4) is 0 Å². The molecule has 138 valence electrons. The lowest BCUT2D eigenvalue weighted by atomic mass is 10.1. The van der Waals surface area contributed by atoms with Crippen molar-refractivity contribution in [2.24, 2.45) is 0 Å². The van der Waals surface area contributed by atoms with Crippen molar-refractivity contribution in [3.05, 3.63) is 47.8 Å². The van der Waals surface area contributed by atoms with Gasteiger partial charge in [-0.2, -0.15) is 0 Å². The number of para-hydroxylation sites is 2. The molecule has 6 heteroatoms. The molecule has 0 aliphatic heterocycles. The minimum Gasteiger partial charge on any atom is -0.495 e. The number of amides is 1. The highest BCUT2D eigenvalue weighted by Crippen LogP contribution is 2.34. The number of nitrogens with one attached hydrogen (secondary N) is 1. The summed E-state index contributed by atoms with van der Waals surface area (Å²) in [5, 5.41) is 2.68. The molecule has 0 heterocycles. The van der Waals surface area contributed by atoms with Gasteiger partial charge in [-0.1, -0.05) is 12.1 Å². The zero-order valence-electron chi connectivity index (χ0n) is 14.9. The third-order valence-corrected chi connectivity index (χ3v) is 4.45. The molecule has 2 aromatic rings. The van der Waals surface area contributed by atoms with E-state index in [4.69, 9.17) is 14.2 Å². The van der Waals surface area contributed by atoms with Crippen LogP contribution in [-0.2, 0) is 0 Å². The van der Waals surface area contributed by atoms with Gasteiger partial charge in [-0.15, -0.1) is 0 Å². The Bertz CT molecular complexity index is 787. The van der Waals surface area contributed by atoms with Crippen molar-refractivity contribution < 1.29 is 23.4 Å². The Kier molecular flexibility index (Phi) is 5.61. The van der Waals surface area contributed by atoms with Crippen LogP contribution in [0.15, 0.2) is 36.4 Å². The summed E-state index contributed by atoms with van der Waals surface area (Å²) in [6.45, 7) is 0. The molecular weight excluding hydrogens is 337 g/mol. The quantitative estimate of drug-likeness (QED) is 0.830. The van der Waals surface area contributed by atoms with Gasteiger partial charge in [-0.3, -0.25) is 4.79 Å². The lowest BCUT2D eigenvalue weighted by Crippen LogP contribution is -2.16. The van der Waals surface area contributed by atoms with Crippen LogP contribution in [0.25, 0.3) is 0 Å². The molecular formula is C20H22FNO4. The fourth-order valence-corrected chi connectivity index (χ4v) is 3.08. The minimum absolute atomic E-state index is 0.0690. The predicted molar refractivity (Wildman–Crippen MR) is 96.8 cm³/mol. The number of halogens is 1. The van der Waals surface area contributed by atoms with Crippen LogP contribution in [0, 0.1) is 5.82 Å². The van der Waals surface area contributed by atoms with Gasteiger partial charge in [-0.25, -0.2) is 4.39 Å². The topological polar surface area (TPSA) is 56.8 Å². The molecule has 0 bridgehead atoms. The fourth-order valence-electron chi connectivity index (χ4n) is 3.08. The van der Waals surface area contributed by atoms with Crippen molar-refractivity contribution >= 4 is 11.6 Å². The van der Waals surface area contributed by atoms with E-state index in [2.05, 4.69) is 5.32 Å². The molecule has 3 rings (SSSR count). The number of hydrogen-bond donors (Lipinski definition) is 1. The maximum atomic E-state index is 14.4. The van der Waals surface area contributed by atoms with Crippen LogP contribution in [0.1, 0.15) is 36.0 Å². The van der Waals surface area contributed by atoms with E-state index in [9.17, 15) is 9.18 Å². The largest absolute Gasteiger partial charge is 0.495 e. The average molecular weight is 359 g/mol. The molecule has 2 aromatic carbocycles. The molecule has 1 aliphatic rings. The Morgan fingerprint density at radius 1 is 1.04 bits per heavy atom. The van der Waals surface area contributed by atoms with E-state index in [-0.39, 0.29) is 17.4 Å². The minimum atomic E-state index is -0.673. The first kappa shape index (κ1) is 18.0. The summed E-state index contributed by atoms with van der Waals surface area (Å²) in [5.41, 5.74) is 0.359. The van der Waals surface area contributed by atoms with E-state index in [1.54, 1.807) is 24.3 Å². The van der Waals surface area contributed by atoms with E-state index in [1.165, 1.54) is 26.4 Å². The van der Waals surface area contributed by atoms with Gasteiger partial charge in [0.05, 0.1) is 31.6 Å². The van der Waals surface area contributed by atoms with Gasteiger partial charge < -0.3 is 19.5 Å². The van der Waals surface area contributed by atoms with Gasteiger partial charge in [0.25, 0.3) is 5.91 Å². The van der Waals surface area contributed by atoms with Gasteiger partial charge >= 0.3 is 0 Å². The van der Waals surface area contributed by atoms with E-state index < -0.39 is 11.7 Å². The lowest BCUT2D eigenvalue weighted by molar-refractivity contribution is 0.102. The van der Waals surface area contributed by atoms with E-state index in [0.29, 0.717) is 17.2 Å². The maximum Gasteiger partial charge on any atom is 0.258 e. The molecule has 0 atom stereocenters. The van der Waals surface area contributed by atoms with Crippen molar-refractivity contribution in [2.75, 3.05) is 19.5 Å². The average Bonchev–Trinajstić information content (AvgIpc) is 3.16. The highest BCUT2D eigenvalue weighted by atomic mass is 19.1. The van der Waals surface area contributed by atoms with Gasteiger partial charge in [0.15, 0.2) is 11.5 Å². The number of methoxy groups -OCH3 is 2. The Morgan fingerprint density at radius 2 is 1.73 bits per heavy atom. The van der Waals surface area contributed by atoms with Crippen LogP contribution in [0.5, 0.6) is 17.2 Å². The Hall–Kier alpha value is -2.76. The first-order valence-electron chi connectivity index (χ1n) is 8.61. The molecule has 1 fully saturated rings. The van der Waals surface area contributed by atoms with E-state index in [0.717, 1.165) is 25.7 Å². The summed E-state index contributed by atoms with van der Waals surface area (Å²) in [6, 6.07) is 9.54. The number of hydrogen-bond acceptors (Lipinski definition) is 4. The second-order valence-corrected chi connectivity index (χ2v) is 6.16. The molecule has 1 aliphatic carbocycles. The predicted octanol–water partition coefficient (Wildman–Crippen LogP) is 4.42. The number of ether oxygens (including phenoxy) is 3. The number of carbonyl (C=O) groups is 1. The Labute approximate surface area is 152 Å². The molecule has 26 heavy (non-hydrogen) atoms. The van der Waals surface area contributed by atoms with Gasteiger partial charge in [0.1, 0.15) is 11.6 Å². The number of carbonyl (C=O) groups excluding carboxylic acids is 1. The SMILES string of the molecule is COc1ccccc1NC(=O)c1cc(OC2CCCC2)c(OC)cc1F. The van der Waals surface area contributed by atoms with Crippen LogP contribution < -0.4 is 19.5 Å². The number of benzene rings is 2. The van der Waals surface area contributed by atoms with Crippen LogP contribution in [-0.4, -0.2) is 26.2 Å². The summed E-state index contributed by atoms with van der Waals surface area (Å²) in [6.07, 6.45) is 4.18. The molecule has 0 unspecified atom stereocenters. The second-order valence-electron chi connectivity index (χ2n) is 6.16. The molecule has 0 spiro atoms. The lowest BCUT2D eigenvalue weighted by Gasteiger charge is -2.17. The van der Waals surface area contributed by atoms with Crippen molar-refractivity contribution in [3.8, 4) is 17.2 Å². The third kappa shape index (κ3) is 3.90. The number of anilines is 1. The molecule has 0 aromatic heterocycles. The van der Waals surface area contributed by atoms with Gasteiger partial charge in [0.2, 0.25) is 0 Å². The van der Waals surface area contributed by atoms with Crippen molar-refractivity contribution in [3.63, 3.8) is 0 Å². The highest BCUT2D eigenvalue weighted by Gasteiger charge is 2.22. The molecule has 5 nitrogen and oxygen atoms in total. The van der Waals surface area contributed by atoms with Crippen LogP contribution >= 0.6 is 0 Å². The zero-order chi connectivity index (χ0) is 18.5.